The van der Waals surface area contributed by atoms with Gasteiger partial charge in [-0.25, -0.2) is 0 Å². The van der Waals surface area contributed by atoms with Gasteiger partial charge in [-0.1, -0.05) is 12.1 Å². The first kappa shape index (κ1) is 12.9. The second-order valence-corrected chi connectivity index (χ2v) is 4.83. The smallest absolute Gasteiger partial charge is 0.219 e. The van der Waals surface area contributed by atoms with Crippen molar-refractivity contribution in [3.05, 3.63) is 29.3 Å². The number of nitrogens with zero attached hydrogens (tertiary/aromatic N) is 2. The number of hydrogen-bond donors (Lipinski definition) is 1. The molecular weight excluding hydrogens is 226 g/mol. The van der Waals surface area contributed by atoms with Crippen LogP contribution in [0, 0.1) is 6.92 Å². The van der Waals surface area contributed by atoms with E-state index in [-0.39, 0.29) is 5.91 Å². The van der Waals surface area contributed by atoms with E-state index in [1.165, 1.54) is 16.8 Å². The third kappa shape index (κ3) is 2.64. The van der Waals surface area contributed by atoms with Crippen LogP contribution in [-0.2, 0) is 11.3 Å². The van der Waals surface area contributed by atoms with Crippen LogP contribution in [0.1, 0.15) is 18.1 Å². The Morgan fingerprint density at radius 1 is 1.28 bits per heavy atom. The number of piperazine rings is 1. The second kappa shape index (κ2) is 5.40. The van der Waals surface area contributed by atoms with Crippen molar-refractivity contribution in [3.8, 4) is 0 Å². The zero-order chi connectivity index (χ0) is 13.1. The summed E-state index contributed by atoms with van der Waals surface area (Å²) in [5.41, 5.74) is 9.44. The fraction of sp³-hybridized carbons (Fsp3) is 0.500. The third-order valence-corrected chi connectivity index (χ3v) is 3.53. The number of amides is 1. The molecule has 1 amide bonds. The minimum Gasteiger partial charge on any atom is -0.368 e. The van der Waals surface area contributed by atoms with Gasteiger partial charge in [0, 0.05) is 45.3 Å². The minimum absolute atomic E-state index is 0.165. The molecule has 0 bridgehead atoms. The maximum absolute atomic E-state index is 11.3. The van der Waals surface area contributed by atoms with E-state index in [0.717, 1.165) is 26.2 Å². The van der Waals surface area contributed by atoms with E-state index in [2.05, 4.69) is 30.0 Å². The number of benzene rings is 1. The highest BCUT2D eigenvalue weighted by Gasteiger charge is 2.20. The number of carbonyl (C=O) groups excluding carboxylic acids is 1. The largest absolute Gasteiger partial charge is 0.368 e. The molecule has 2 rings (SSSR count). The van der Waals surface area contributed by atoms with Crippen molar-refractivity contribution in [2.24, 2.45) is 5.73 Å². The van der Waals surface area contributed by atoms with Gasteiger partial charge in [0.05, 0.1) is 0 Å². The molecule has 1 aromatic rings. The standard InChI is InChI=1S/C14H21N3O/c1-11-3-4-13(10-15)14(9-11)17-7-5-16(6-8-17)12(2)18/h3-4,9H,5-8,10,15H2,1-2H3. The lowest BCUT2D eigenvalue weighted by molar-refractivity contribution is -0.129. The van der Waals surface area contributed by atoms with Gasteiger partial charge in [-0.05, 0) is 24.1 Å². The lowest BCUT2D eigenvalue weighted by Crippen LogP contribution is -2.48. The van der Waals surface area contributed by atoms with Crippen molar-refractivity contribution in [3.63, 3.8) is 0 Å². The molecule has 0 saturated carbocycles. The van der Waals surface area contributed by atoms with Gasteiger partial charge >= 0.3 is 0 Å². The van der Waals surface area contributed by atoms with Gasteiger partial charge < -0.3 is 15.5 Å². The number of rotatable bonds is 2. The number of anilines is 1. The summed E-state index contributed by atoms with van der Waals surface area (Å²) in [5.74, 6) is 0.165. The summed E-state index contributed by atoms with van der Waals surface area (Å²) in [7, 11) is 0. The van der Waals surface area contributed by atoms with E-state index in [4.69, 9.17) is 5.73 Å². The van der Waals surface area contributed by atoms with Crippen LogP contribution in [-0.4, -0.2) is 37.0 Å². The van der Waals surface area contributed by atoms with Gasteiger partial charge in [0.2, 0.25) is 5.91 Å². The molecule has 1 saturated heterocycles. The fourth-order valence-corrected chi connectivity index (χ4v) is 2.40. The normalized spacial score (nSPS) is 15.9. The fourth-order valence-electron chi connectivity index (χ4n) is 2.40. The topological polar surface area (TPSA) is 49.6 Å². The van der Waals surface area contributed by atoms with Crippen LogP contribution in [0.5, 0.6) is 0 Å². The average Bonchev–Trinajstić information content (AvgIpc) is 2.39. The monoisotopic (exact) mass is 247 g/mol. The van der Waals surface area contributed by atoms with Gasteiger partial charge in [-0.3, -0.25) is 4.79 Å². The van der Waals surface area contributed by atoms with Gasteiger partial charge in [-0.15, -0.1) is 0 Å². The molecule has 1 aliphatic heterocycles. The van der Waals surface area contributed by atoms with Crippen molar-refractivity contribution < 1.29 is 4.79 Å². The van der Waals surface area contributed by atoms with Crippen LogP contribution in [0.4, 0.5) is 5.69 Å². The van der Waals surface area contributed by atoms with Gasteiger partial charge in [0.15, 0.2) is 0 Å². The summed E-state index contributed by atoms with van der Waals surface area (Å²) in [6.45, 7) is 7.65. The van der Waals surface area contributed by atoms with Crippen molar-refractivity contribution in [2.45, 2.75) is 20.4 Å². The first-order valence-electron chi connectivity index (χ1n) is 6.42. The lowest BCUT2D eigenvalue weighted by Gasteiger charge is -2.36. The molecule has 2 N–H and O–H groups in total. The predicted molar refractivity (Wildman–Crippen MR) is 73.5 cm³/mol. The first-order chi connectivity index (χ1) is 8.61. The molecule has 4 nitrogen and oxygen atoms in total. The Morgan fingerprint density at radius 3 is 2.50 bits per heavy atom. The quantitative estimate of drug-likeness (QED) is 0.852. The number of carbonyl (C=O) groups is 1. The Labute approximate surface area is 108 Å². The summed E-state index contributed by atoms with van der Waals surface area (Å²) < 4.78 is 0. The molecule has 0 aromatic heterocycles. The number of hydrogen-bond acceptors (Lipinski definition) is 3. The Balaban J connectivity index is 2.14. The highest BCUT2D eigenvalue weighted by atomic mass is 16.2. The lowest BCUT2D eigenvalue weighted by atomic mass is 10.1. The molecule has 0 aliphatic carbocycles. The summed E-state index contributed by atoms with van der Waals surface area (Å²) in [6.07, 6.45) is 0. The SMILES string of the molecule is CC(=O)N1CCN(c2cc(C)ccc2CN)CC1. The molecule has 1 heterocycles. The van der Waals surface area contributed by atoms with E-state index in [1.807, 2.05) is 4.90 Å². The average molecular weight is 247 g/mol. The third-order valence-electron chi connectivity index (χ3n) is 3.53. The molecule has 4 heteroatoms. The molecule has 18 heavy (non-hydrogen) atoms. The Morgan fingerprint density at radius 2 is 1.94 bits per heavy atom. The van der Waals surface area contributed by atoms with Gasteiger partial charge in [-0.2, -0.15) is 0 Å². The summed E-state index contributed by atoms with van der Waals surface area (Å²) in [6, 6.07) is 6.38. The molecular formula is C14H21N3O. The molecule has 0 spiro atoms. The zero-order valence-corrected chi connectivity index (χ0v) is 11.1. The van der Waals surface area contributed by atoms with E-state index >= 15 is 0 Å². The molecule has 0 unspecified atom stereocenters. The van der Waals surface area contributed by atoms with Gasteiger partial charge in [0.1, 0.15) is 0 Å². The summed E-state index contributed by atoms with van der Waals surface area (Å²) >= 11 is 0. The Kier molecular flexibility index (Phi) is 3.87. The van der Waals surface area contributed by atoms with Crippen molar-refractivity contribution in [1.82, 2.24) is 4.90 Å². The van der Waals surface area contributed by atoms with Crippen LogP contribution in [0.25, 0.3) is 0 Å². The maximum Gasteiger partial charge on any atom is 0.219 e. The number of aryl methyl sites for hydroxylation is 1. The first-order valence-corrected chi connectivity index (χ1v) is 6.42. The van der Waals surface area contributed by atoms with E-state index < -0.39 is 0 Å². The van der Waals surface area contributed by atoms with Crippen LogP contribution < -0.4 is 10.6 Å². The highest BCUT2D eigenvalue weighted by molar-refractivity contribution is 5.73. The van der Waals surface area contributed by atoms with E-state index in [9.17, 15) is 4.79 Å². The van der Waals surface area contributed by atoms with Crippen molar-refractivity contribution >= 4 is 11.6 Å². The van der Waals surface area contributed by atoms with Crippen molar-refractivity contribution in [1.29, 1.82) is 0 Å². The van der Waals surface area contributed by atoms with Crippen LogP contribution >= 0.6 is 0 Å². The van der Waals surface area contributed by atoms with Crippen LogP contribution in [0.3, 0.4) is 0 Å². The molecule has 1 aromatic carbocycles. The highest BCUT2D eigenvalue weighted by Crippen LogP contribution is 2.23. The Bertz CT molecular complexity index is 437. The van der Waals surface area contributed by atoms with E-state index in [1.54, 1.807) is 6.92 Å². The summed E-state index contributed by atoms with van der Waals surface area (Å²) in [4.78, 5) is 15.5. The number of nitrogens with two attached hydrogens (primary N) is 1. The predicted octanol–water partition coefficient (Wildman–Crippen LogP) is 1.12. The zero-order valence-electron chi connectivity index (χ0n) is 11.1. The van der Waals surface area contributed by atoms with Gasteiger partial charge in [0.25, 0.3) is 0 Å². The maximum atomic E-state index is 11.3. The Hall–Kier alpha value is -1.55. The minimum atomic E-state index is 0.165. The van der Waals surface area contributed by atoms with Crippen LogP contribution in [0.15, 0.2) is 18.2 Å². The molecule has 0 atom stereocenters. The molecule has 1 aliphatic rings. The second-order valence-electron chi connectivity index (χ2n) is 4.83. The van der Waals surface area contributed by atoms with Crippen LogP contribution in [0.2, 0.25) is 0 Å². The van der Waals surface area contributed by atoms with Crippen molar-refractivity contribution in [2.75, 3.05) is 31.1 Å². The molecule has 0 radical (unpaired) electrons. The molecule has 98 valence electrons. The summed E-state index contributed by atoms with van der Waals surface area (Å²) in [5, 5.41) is 0. The molecule has 1 fully saturated rings. The van der Waals surface area contributed by atoms with E-state index in [0.29, 0.717) is 6.54 Å².